The van der Waals surface area contributed by atoms with Crippen LogP contribution in [-0.4, -0.2) is 4.98 Å². The molecule has 0 bridgehead atoms. The summed E-state index contributed by atoms with van der Waals surface area (Å²) in [7, 11) is 0. The SMILES string of the molecule is Cc1c2cc[n+](CCCCCC#N)cc2c(C)c2c1[nH]c1ccccc12. The van der Waals surface area contributed by atoms with E-state index < -0.39 is 0 Å². The Morgan fingerprint density at radius 3 is 2.65 bits per heavy atom. The molecule has 2 heterocycles. The summed E-state index contributed by atoms with van der Waals surface area (Å²) in [5, 5.41) is 13.9. The third-order valence-electron chi connectivity index (χ3n) is 5.49. The Morgan fingerprint density at radius 1 is 0.962 bits per heavy atom. The van der Waals surface area contributed by atoms with E-state index in [-0.39, 0.29) is 0 Å². The number of aromatic amines is 1. The van der Waals surface area contributed by atoms with E-state index in [2.05, 4.69) is 72.2 Å². The molecule has 2 aromatic heterocycles. The molecule has 4 rings (SSSR count). The Hall–Kier alpha value is -2.86. The van der Waals surface area contributed by atoms with Crippen molar-refractivity contribution in [2.45, 2.75) is 46.1 Å². The van der Waals surface area contributed by atoms with Gasteiger partial charge in [0.05, 0.1) is 11.6 Å². The molecule has 0 unspecified atom stereocenters. The summed E-state index contributed by atoms with van der Waals surface area (Å²) in [5.41, 5.74) is 5.12. The number of aryl methyl sites for hydroxylation is 3. The number of hydrogen-bond donors (Lipinski definition) is 1. The summed E-state index contributed by atoms with van der Waals surface area (Å²) in [6, 6.07) is 13.0. The van der Waals surface area contributed by atoms with Gasteiger partial charge in [-0.15, -0.1) is 0 Å². The van der Waals surface area contributed by atoms with Crippen molar-refractivity contribution in [2.24, 2.45) is 0 Å². The molecule has 2 aromatic carbocycles. The van der Waals surface area contributed by atoms with E-state index in [1.54, 1.807) is 0 Å². The number of aromatic nitrogens is 2. The smallest absolute Gasteiger partial charge is 0.176 e. The van der Waals surface area contributed by atoms with E-state index in [0.29, 0.717) is 6.42 Å². The summed E-state index contributed by atoms with van der Waals surface area (Å²) < 4.78 is 2.29. The first-order chi connectivity index (χ1) is 12.7. The van der Waals surface area contributed by atoms with E-state index in [1.165, 1.54) is 43.7 Å². The molecule has 0 atom stereocenters. The van der Waals surface area contributed by atoms with Crippen LogP contribution in [0.15, 0.2) is 42.7 Å². The molecule has 0 saturated carbocycles. The molecule has 0 saturated heterocycles. The standard InChI is InChI=1S/C23H23N3/c1-16-20-15-26(13-8-4-3-7-12-24)14-11-18(20)17(2)23-22(16)19-9-5-6-10-21(19)25-23/h5-6,9-11,14-15H,3-4,7-8,13H2,1-2H3/p+1. The molecule has 130 valence electrons. The zero-order chi connectivity index (χ0) is 18.1. The number of benzene rings is 2. The average molecular weight is 342 g/mol. The molecule has 0 aliphatic rings. The highest BCUT2D eigenvalue weighted by Crippen LogP contribution is 2.35. The lowest BCUT2D eigenvalue weighted by atomic mass is 9.97. The minimum Gasteiger partial charge on any atom is -0.354 e. The van der Waals surface area contributed by atoms with Gasteiger partial charge in [-0.1, -0.05) is 18.2 Å². The third kappa shape index (κ3) is 2.72. The predicted octanol–water partition coefficient (Wildman–Crippen LogP) is 5.46. The van der Waals surface area contributed by atoms with E-state index in [9.17, 15) is 0 Å². The number of para-hydroxylation sites is 1. The molecule has 4 aromatic rings. The summed E-state index contributed by atoms with van der Waals surface area (Å²) in [6.07, 6.45) is 8.37. The van der Waals surface area contributed by atoms with Crippen molar-refractivity contribution in [1.29, 1.82) is 5.26 Å². The molecule has 0 aliphatic heterocycles. The van der Waals surface area contributed by atoms with Crippen LogP contribution >= 0.6 is 0 Å². The Kier molecular flexibility index (Phi) is 4.34. The van der Waals surface area contributed by atoms with Gasteiger partial charge in [0, 0.05) is 40.6 Å². The van der Waals surface area contributed by atoms with Gasteiger partial charge in [-0.3, -0.25) is 0 Å². The van der Waals surface area contributed by atoms with Crippen molar-refractivity contribution < 1.29 is 4.57 Å². The maximum absolute atomic E-state index is 8.64. The maximum atomic E-state index is 8.64. The Balaban J connectivity index is 1.80. The molecular formula is C23H24N3+. The molecule has 0 fully saturated rings. The Bertz CT molecular complexity index is 1150. The molecule has 0 spiro atoms. The monoisotopic (exact) mass is 342 g/mol. The fourth-order valence-electron chi connectivity index (χ4n) is 4.06. The molecule has 1 N–H and O–H groups in total. The van der Waals surface area contributed by atoms with Crippen LogP contribution in [0.25, 0.3) is 32.6 Å². The third-order valence-corrected chi connectivity index (χ3v) is 5.49. The number of H-pyrrole nitrogens is 1. The molecule has 0 radical (unpaired) electrons. The number of nitriles is 1. The second-order valence-electron chi connectivity index (χ2n) is 7.15. The molecule has 0 aliphatic carbocycles. The van der Waals surface area contributed by atoms with Crippen LogP contribution in [-0.2, 0) is 6.54 Å². The number of rotatable bonds is 5. The molecule has 3 nitrogen and oxygen atoms in total. The van der Waals surface area contributed by atoms with Crippen LogP contribution in [0.4, 0.5) is 0 Å². The van der Waals surface area contributed by atoms with E-state index >= 15 is 0 Å². The summed E-state index contributed by atoms with van der Waals surface area (Å²) in [4.78, 5) is 3.61. The van der Waals surface area contributed by atoms with Gasteiger partial charge in [0.2, 0.25) is 0 Å². The first-order valence-corrected chi connectivity index (χ1v) is 9.40. The van der Waals surface area contributed by atoms with Crippen molar-refractivity contribution in [3.63, 3.8) is 0 Å². The highest BCUT2D eigenvalue weighted by Gasteiger charge is 2.16. The van der Waals surface area contributed by atoms with Crippen molar-refractivity contribution in [1.82, 2.24) is 4.98 Å². The summed E-state index contributed by atoms with van der Waals surface area (Å²) >= 11 is 0. The lowest BCUT2D eigenvalue weighted by Crippen LogP contribution is -2.32. The first kappa shape index (κ1) is 16.6. The van der Waals surface area contributed by atoms with Gasteiger partial charge in [0.15, 0.2) is 12.4 Å². The molecule has 3 heteroatoms. The zero-order valence-electron chi connectivity index (χ0n) is 15.5. The number of nitrogens with zero attached hydrogens (tertiary/aromatic N) is 2. The lowest BCUT2D eigenvalue weighted by Gasteiger charge is -2.08. The van der Waals surface area contributed by atoms with Crippen molar-refractivity contribution in [3.8, 4) is 6.07 Å². The quantitative estimate of drug-likeness (QED) is 0.380. The number of unbranched alkanes of at least 4 members (excludes halogenated alkanes) is 3. The molecule has 0 amide bonds. The van der Waals surface area contributed by atoms with Crippen molar-refractivity contribution in [3.05, 3.63) is 53.9 Å². The minimum atomic E-state index is 0.666. The Morgan fingerprint density at radius 2 is 1.81 bits per heavy atom. The summed E-state index contributed by atoms with van der Waals surface area (Å²) in [5.74, 6) is 0. The lowest BCUT2D eigenvalue weighted by molar-refractivity contribution is -0.696. The predicted molar refractivity (Wildman–Crippen MR) is 107 cm³/mol. The number of pyridine rings is 1. The largest absolute Gasteiger partial charge is 0.354 e. The minimum absolute atomic E-state index is 0.666. The van der Waals surface area contributed by atoms with Gasteiger partial charge in [0.1, 0.15) is 6.54 Å². The van der Waals surface area contributed by atoms with Gasteiger partial charge in [-0.2, -0.15) is 5.26 Å². The topological polar surface area (TPSA) is 43.5 Å². The van der Waals surface area contributed by atoms with E-state index in [4.69, 9.17) is 5.26 Å². The van der Waals surface area contributed by atoms with Crippen LogP contribution in [0, 0.1) is 25.2 Å². The first-order valence-electron chi connectivity index (χ1n) is 9.40. The fraction of sp³-hybridized carbons (Fsp3) is 0.304. The fourth-order valence-corrected chi connectivity index (χ4v) is 4.06. The van der Waals surface area contributed by atoms with E-state index in [0.717, 1.165) is 25.8 Å². The van der Waals surface area contributed by atoms with Crippen molar-refractivity contribution in [2.75, 3.05) is 0 Å². The second kappa shape index (κ2) is 6.80. The number of hydrogen-bond acceptors (Lipinski definition) is 1. The van der Waals surface area contributed by atoms with Gasteiger partial charge in [-0.05, 0) is 49.3 Å². The number of nitrogens with one attached hydrogen (secondary N) is 1. The average Bonchev–Trinajstić information content (AvgIpc) is 3.06. The van der Waals surface area contributed by atoms with Crippen LogP contribution in [0.1, 0.15) is 36.8 Å². The summed E-state index contributed by atoms with van der Waals surface area (Å²) in [6.45, 7) is 5.46. The van der Waals surface area contributed by atoms with Gasteiger partial charge in [0.25, 0.3) is 0 Å². The molecular weight excluding hydrogens is 318 g/mol. The van der Waals surface area contributed by atoms with Crippen LogP contribution in [0.5, 0.6) is 0 Å². The zero-order valence-corrected chi connectivity index (χ0v) is 15.5. The van der Waals surface area contributed by atoms with Crippen molar-refractivity contribution >= 4 is 32.6 Å². The number of fused-ring (bicyclic) bond motifs is 4. The van der Waals surface area contributed by atoms with Crippen LogP contribution < -0.4 is 4.57 Å². The molecule has 26 heavy (non-hydrogen) atoms. The second-order valence-corrected chi connectivity index (χ2v) is 7.15. The van der Waals surface area contributed by atoms with Crippen LogP contribution in [0.3, 0.4) is 0 Å². The highest BCUT2D eigenvalue weighted by atomic mass is 14.9. The highest BCUT2D eigenvalue weighted by molar-refractivity contribution is 6.16. The van der Waals surface area contributed by atoms with Gasteiger partial charge >= 0.3 is 0 Å². The normalized spacial score (nSPS) is 11.4. The van der Waals surface area contributed by atoms with Gasteiger partial charge < -0.3 is 4.98 Å². The van der Waals surface area contributed by atoms with Gasteiger partial charge in [-0.25, -0.2) is 4.57 Å². The van der Waals surface area contributed by atoms with E-state index in [1.807, 2.05) is 0 Å². The van der Waals surface area contributed by atoms with Crippen LogP contribution in [0.2, 0.25) is 0 Å². The maximum Gasteiger partial charge on any atom is 0.176 e. The Labute approximate surface area is 153 Å².